The number of methoxy groups -OCH3 is 1. The van der Waals surface area contributed by atoms with Crippen LogP contribution < -0.4 is 4.74 Å². The molecule has 26 heavy (non-hydrogen) atoms. The molecule has 144 valence electrons. The van der Waals surface area contributed by atoms with Gasteiger partial charge >= 0.3 is 5.97 Å². The molecule has 0 aromatic heterocycles. The molecule has 0 radical (unpaired) electrons. The standard InChI is InChI=1S/C20H28ClNO4/c1-20(2,3)16-11-15(21)5-6-17(16)26-13-14-9-10-22(12-14)18(23)7-8-19(24)25-4/h5-6,11,14H,7-10,12-13H2,1-4H3. The summed E-state index contributed by atoms with van der Waals surface area (Å²) in [6, 6.07) is 5.70. The number of likely N-dealkylation sites (tertiary alicyclic amines) is 1. The van der Waals surface area contributed by atoms with Crippen molar-refractivity contribution in [3.63, 3.8) is 0 Å². The fourth-order valence-electron chi connectivity index (χ4n) is 3.09. The van der Waals surface area contributed by atoms with E-state index in [-0.39, 0.29) is 30.1 Å². The van der Waals surface area contributed by atoms with Crippen molar-refractivity contribution in [2.45, 2.75) is 45.4 Å². The van der Waals surface area contributed by atoms with Crippen molar-refractivity contribution in [2.24, 2.45) is 5.92 Å². The molecule has 0 bridgehead atoms. The number of carbonyl (C=O) groups excluding carboxylic acids is 2. The van der Waals surface area contributed by atoms with E-state index in [1.165, 1.54) is 7.11 Å². The van der Waals surface area contributed by atoms with Crippen molar-refractivity contribution >= 4 is 23.5 Å². The molecule has 1 aliphatic heterocycles. The molecule has 5 nitrogen and oxygen atoms in total. The van der Waals surface area contributed by atoms with Gasteiger partial charge in [-0.25, -0.2) is 0 Å². The van der Waals surface area contributed by atoms with Crippen LogP contribution in [0.2, 0.25) is 5.02 Å². The lowest BCUT2D eigenvalue weighted by Gasteiger charge is -2.24. The van der Waals surface area contributed by atoms with Gasteiger partial charge in [-0.3, -0.25) is 9.59 Å². The Labute approximate surface area is 160 Å². The van der Waals surface area contributed by atoms with E-state index in [1.54, 1.807) is 0 Å². The summed E-state index contributed by atoms with van der Waals surface area (Å²) in [7, 11) is 1.33. The predicted octanol–water partition coefficient (Wildman–Crippen LogP) is 3.82. The third kappa shape index (κ3) is 5.63. The highest BCUT2D eigenvalue weighted by Gasteiger charge is 2.27. The monoisotopic (exact) mass is 381 g/mol. The molecule has 1 aliphatic rings. The highest BCUT2D eigenvalue weighted by molar-refractivity contribution is 6.30. The predicted molar refractivity (Wildman–Crippen MR) is 102 cm³/mol. The SMILES string of the molecule is COC(=O)CCC(=O)N1CCC(COc2ccc(Cl)cc2C(C)(C)C)C1. The van der Waals surface area contributed by atoms with E-state index in [1.807, 2.05) is 23.1 Å². The van der Waals surface area contributed by atoms with Gasteiger partial charge in [-0.1, -0.05) is 32.4 Å². The van der Waals surface area contributed by atoms with E-state index >= 15 is 0 Å². The molecule has 1 amide bonds. The highest BCUT2D eigenvalue weighted by atomic mass is 35.5. The van der Waals surface area contributed by atoms with Crippen LogP contribution in [-0.2, 0) is 19.7 Å². The highest BCUT2D eigenvalue weighted by Crippen LogP contribution is 2.34. The normalized spacial score (nSPS) is 17.3. The molecule has 1 aromatic carbocycles. The molecular weight excluding hydrogens is 354 g/mol. The minimum Gasteiger partial charge on any atom is -0.493 e. The first-order valence-corrected chi connectivity index (χ1v) is 9.36. The minimum atomic E-state index is -0.352. The second-order valence-electron chi connectivity index (χ2n) is 7.77. The number of hydrogen-bond donors (Lipinski definition) is 0. The van der Waals surface area contributed by atoms with E-state index in [9.17, 15) is 9.59 Å². The summed E-state index contributed by atoms with van der Waals surface area (Å²) in [6.07, 6.45) is 1.24. The van der Waals surface area contributed by atoms with Crippen molar-refractivity contribution in [3.8, 4) is 5.75 Å². The fourth-order valence-corrected chi connectivity index (χ4v) is 3.26. The van der Waals surface area contributed by atoms with Crippen molar-refractivity contribution in [3.05, 3.63) is 28.8 Å². The van der Waals surface area contributed by atoms with Crippen LogP contribution in [0.5, 0.6) is 5.75 Å². The molecule has 0 aliphatic carbocycles. The molecule has 1 aromatic rings. The Morgan fingerprint density at radius 1 is 1.27 bits per heavy atom. The summed E-state index contributed by atoms with van der Waals surface area (Å²) in [5, 5.41) is 0.700. The lowest BCUT2D eigenvalue weighted by molar-refractivity contribution is -0.143. The van der Waals surface area contributed by atoms with Crippen molar-refractivity contribution in [1.29, 1.82) is 0 Å². The average molecular weight is 382 g/mol. The number of ether oxygens (including phenoxy) is 2. The van der Waals surface area contributed by atoms with Crippen LogP contribution in [-0.4, -0.2) is 43.6 Å². The first-order chi connectivity index (χ1) is 12.2. The molecule has 1 heterocycles. The van der Waals surface area contributed by atoms with Gasteiger partial charge in [-0.15, -0.1) is 0 Å². The van der Waals surface area contributed by atoms with Gasteiger partial charge in [0, 0.05) is 36.0 Å². The zero-order chi connectivity index (χ0) is 19.3. The summed E-state index contributed by atoms with van der Waals surface area (Å²) in [5.41, 5.74) is 1.01. The second-order valence-corrected chi connectivity index (χ2v) is 8.21. The summed E-state index contributed by atoms with van der Waals surface area (Å²) in [6.45, 7) is 8.32. The molecule has 1 saturated heterocycles. The minimum absolute atomic E-state index is 0.000210. The molecule has 2 rings (SSSR count). The number of benzene rings is 1. The van der Waals surface area contributed by atoms with Crippen molar-refractivity contribution < 1.29 is 19.1 Å². The van der Waals surface area contributed by atoms with Gasteiger partial charge in [0.2, 0.25) is 5.91 Å². The van der Waals surface area contributed by atoms with Gasteiger partial charge in [0.15, 0.2) is 0 Å². The third-order valence-electron chi connectivity index (χ3n) is 4.63. The molecule has 0 saturated carbocycles. The molecular formula is C20H28ClNO4. The Kier molecular flexibility index (Phi) is 6.93. The Morgan fingerprint density at radius 3 is 2.65 bits per heavy atom. The summed E-state index contributed by atoms with van der Waals surface area (Å²) in [5.74, 6) is 0.785. The van der Waals surface area contributed by atoms with E-state index in [4.69, 9.17) is 16.3 Å². The molecule has 1 atom stereocenters. The number of halogens is 1. The van der Waals surface area contributed by atoms with Crippen LogP contribution in [0.25, 0.3) is 0 Å². The van der Waals surface area contributed by atoms with Gasteiger partial charge in [0.1, 0.15) is 5.75 Å². The molecule has 0 spiro atoms. The lowest BCUT2D eigenvalue weighted by atomic mass is 9.86. The van der Waals surface area contributed by atoms with Gasteiger partial charge in [0.05, 0.1) is 20.1 Å². The Balaban J connectivity index is 1.88. The van der Waals surface area contributed by atoms with E-state index in [2.05, 4.69) is 25.5 Å². The van der Waals surface area contributed by atoms with Crippen molar-refractivity contribution in [2.75, 3.05) is 26.8 Å². The third-order valence-corrected chi connectivity index (χ3v) is 4.87. The van der Waals surface area contributed by atoms with Gasteiger partial charge in [-0.2, -0.15) is 0 Å². The van der Waals surface area contributed by atoms with Crippen LogP contribution in [0.4, 0.5) is 0 Å². The van der Waals surface area contributed by atoms with Gasteiger partial charge in [0.25, 0.3) is 0 Å². The summed E-state index contributed by atoms with van der Waals surface area (Å²) in [4.78, 5) is 25.1. The van der Waals surface area contributed by atoms with Crippen LogP contribution in [0.3, 0.4) is 0 Å². The zero-order valence-corrected chi connectivity index (χ0v) is 16.8. The van der Waals surface area contributed by atoms with E-state index in [0.717, 1.165) is 17.7 Å². The number of nitrogens with zero attached hydrogens (tertiary/aromatic N) is 1. The van der Waals surface area contributed by atoms with Gasteiger partial charge in [-0.05, 0) is 30.0 Å². The molecule has 0 N–H and O–H groups in total. The lowest BCUT2D eigenvalue weighted by Crippen LogP contribution is -2.30. The molecule has 6 heteroatoms. The number of esters is 1. The Morgan fingerprint density at radius 2 is 2.00 bits per heavy atom. The number of hydrogen-bond acceptors (Lipinski definition) is 4. The number of amides is 1. The maximum atomic E-state index is 12.2. The second kappa shape index (κ2) is 8.76. The van der Waals surface area contributed by atoms with Crippen LogP contribution >= 0.6 is 11.6 Å². The first kappa shape index (κ1) is 20.6. The zero-order valence-electron chi connectivity index (χ0n) is 16.0. The number of carbonyl (C=O) groups is 2. The smallest absolute Gasteiger partial charge is 0.306 e. The van der Waals surface area contributed by atoms with Crippen molar-refractivity contribution in [1.82, 2.24) is 4.90 Å². The van der Waals surface area contributed by atoms with E-state index < -0.39 is 0 Å². The largest absolute Gasteiger partial charge is 0.493 e. The van der Waals surface area contributed by atoms with Crippen LogP contribution in [0, 0.1) is 5.92 Å². The van der Waals surface area contributed by atoms with E-state index in [0.29, 0.717) is 30.6 Å². The topological polar surface area (TPSA) is 55.8 Å². The Bertz CT molecular complexity index is 654. The van der Waals surface area contributed by atoms with Gasteiger partial charge < -0.3 is 14.4 Å². The Hall–Kier alpha value is -1.75. The molecule has 1 unspecified atom stereocenters. The van der Waals surface area contributed by atoms with Crippen LogP contribution in [0.15, 0.2) is 18.2 Å². The van der Waals surface area contributed by atoms with Crippen LogP contribution in [0.1, 0.15) is 45.6 Å². The summed E-state index contributed by atoms with van der Waals surface area (Å²) < 4.78 is 10.7. The summed E-state index contributed by atoms with van der Waals surface area (Å²) >= 11 is 6.13. The average Bonchev–Trinajstić information content (AvgIpc) is 3.06. The molecule has 1 fully saturated rings. The maximum Gasteiger partial charge on any atom is 0.306 e. The quantitative estimate of drug-likeness (QED) is 0.703. The maximum absolute atomic E-state index is 12.2. The number of rotatable bonds is 6. The fraction of sp³-hybridized carbons (Fsp3) is 0.600. The first-order valence-electron chi connectivity index (χ1n) is 8.98.